The van der Waals surface area contributed by atoms with Gasteiger partial charge in [0.15, 0.2) is 0 Å². The molecule has 4 rings (SSSR count). The zero-order chi connectivity index (χ0) is 17.2. The lowest BCUT2D eigenvalue weighted by atomic mass is 9.90. The molecule has 0 aliphatic heterocycles. The number of anilines is 1. The molecule has 126 valence electrons. The van der Waals surface area contributed by atoms with Crippen molar-refractivity contribution < 1.29 is 9.21 Å². The number of carbonyl (C=O) groups excluding carboxylic acids is 1. The molecule has 0 fully saturated rings. The maximum absolute atomic E-state index is 12.3. The lowest BCUT2D eigenvalue weighted by Crippen LogP contribution is -2.13. The molecule has 3 aromatic rings. The molecule has 6 heteroatoms. The number of aromatic nitrogens is 2. The summed E-state index contributed by atoms with van der Waals surface area (Å²) in [7, 11) is 0. The quantitative estimate of drug-likeness (QED) is 0.605. The van der Waals surface area contributed by atoms with Gasteiger partial charge in [-0.1, -0.05) is 23.3 Å². The molecule has 25 heavy (non-hydrogen) atoms. The van der Waals surface area contributed by atoms with E-state index in [0.717, 1.165) is 22.0 Å². The first kappa shape index (κ1) is 16.3. The van der Waals surface area contributed by atoms with Crippen molar-refractivity contribution in [3.8, 4) is 11.5 Å². The highest BCUT2D eigenvalue weighted by Crippen LogP contribution is 2.27. The number of hydrogen-bond acceptors (Lipinski definition) is 4. The third kappa shape index (κ3) is 3.44. The van der Waals surface area contributed by atoms with Crippen molar-refractivity contribution in [3.63, 3.8) is 0 Å². The van der Waals surface area contributed by atoms with Gasteiger partial charge in [-0.05, 0) is 83.7 Å². The molecule has 0 atom stereocenters. The van der Waals surface area contributed by atoms with E-state index in [-0.39, 0.29) is 11.9 Å². The minimum atomic E-state index is -0.259. The van der Waals surface area contributed by atoms with E-state index in [1.54, 1.807) is 6.07 Å². The Morgan fingerprint density at radius 3 is 2.68 bits per heavy atom. The number of amides is 1. The van der Waals surface area contributed by atoms with E-state index in [9.17, 15) is 4.79 Å². The van der Waals surface area contributed by atoms with Crippen molar-refractivity contribution in [3.05, 3.63) is 62.7 Å². The topological polar surface area (TPSA) is 68.0 Å². The van der Waals surface area contributed by atoms with Crippen LogP contribution >= 0.6 is 22.6 Å². The molecule has 1 aliphatic rings. The summed E-state index contributed by atoms with van der Waals surface area (Å²) in [6.45, 7) is 0. The Morgan fingerprint density at radius 1 is 1.04 bits per heavy atom. The molecule has 1 N–H and O–H groups in total. The Hall–Kier alpha value is -2.22. The smallest absolute Gasteiger partial charge is 0.322 e. The van der Waals surface area contributed by atoms with E-state index < -0.39 is 0 Å². The Kier molecular flexibility index (Phi) is 4.52. The molecule has 0 spiro atoms. The zero-order valence-electron chi connectivity index (χ0n) is 13.5. The Balaban J connectivity index is 1.54. The van der Waals surface area contributed by atoms with Crippen LogP contribution in [0.4, 0.5) is 6.01 Å². The predicted octanol–water partition coefficient (Wildman–Crippen LogP) is 4.47. The number of nitrogens with zero attached hydrogens (tertiary/aromatic N) is 2. The Labute approximate surface area is 159 Å². The Morgan fingerprint density at radius 2 is 1.84 bits per heavy atom. The van der Waals surface area contributed by atoms with Crippen LogP contribution in [0.25, 0.3) is 11.5 Å². The summed E-state index contributed by atoms with van der Waals surface area (Å²) in [6, 6.07) is 13.7. The molecule has 0 saturated heterocycles. The number of benzene rings is 2. The van der Waals surface area contributed by atoms with Gasteiger partial charge in [0.25, 0.3) is 5.91 Å². The molecule has 5 nitrogen and oxygen atoms in total. The molecule has 2 aromatic carbocycles. The fraction of sp³-hybridized carbons (Fsp3) is 0.211. The maximum Gasteiger partial charge on any atom is 0.322 e. The average Bonchev–Trinajstić information content (AvgIpc) is 3.10. The van der Waals surface area contributed by atoms with Crippen LogP contribution in [0.1, 0.15) is 34.3 Å². The van der Waals surface area contributed by atoms with Gasteiger partial charge in [0.2, 0.25) is 5.89 Å². The maximum atomic E-state index is 12.3. The largest absolute Gasteiger partial charge is 0.403 e. The highest BCUT2D eigenvalue weighted by Gasteiger charge is 2.16. The van der Waals surface area contributed by atoms with Gasteiger partial charge in [0.1, 0.15) is 0 Å². The molecular weight excluding hydrogens is 429 g/mol. The number of nitrogens with one attached hydrogen (secondary N) is 1. The van der Waals surface area contributed by atoms with E-state index in [2.05, 4.69) is 50.2 Å². The molecule has 0 bridgehead atoms. The van der Waals surface area contributed by atoms with Crippen LogP contribution in [0.15, 0.2) is 46.9 Å². The molecular formula is C19H16IN3O2. The average molecular weight is 445 g/mol. The van der Waals surface area contributed by atoms with Crippen molar-refractivity contribution in [1.82, 2.24) is 10.2 Å². The highest BCUT2D eigenvalue weighted by molar-refractivity contribution is 14.1. The number of fused-ring (bicyclic) bond motifs is 1. The van der Waals surface area contributed by atoms with Crippen molar-refractivity contribution in [2.75, 3.05) is 5.32 Å². The van der Waals surface area contributed by atoms with Crippen molar-refractivity contribution in [2.45, 2.75) is 25.7 Å². The summed E-state index contributed by atoms with van der Waals surface area (Å²) in [5.41, 5.74) is 4.23. The van der Waals surface area contributed by atoms with Crippen LogP contribution in [-0.2, 0) is 12.8 Å². The van der Waals surface area contributed by atoms with E-state index in [4.69, 9.17) is 4.42 Å². The van der Waals surface area contributed by atoms with Gasteiger partial charge >= 0.3 is 6.01 Å². The lowest BCUT2D eigenvalue weighted by Gasteiger charge is -2.15. The monoisotopic (exact) mass is 445 g/mol. The summed E-state index contributed by atoms with van der Waals surface area (Å²) < 4.78 is 6.50. The molecule has 0 radical (unpaired) electrons. The first-order valence-corrected chi connectivity index (χ1v) is 9.30. The Bertz CT molecular complexity index is 936. The SMILES string of the molecule is O=C(Nc1nnc(-c2ccc3c(c2)CCCC3)o1)c1ccccc1I. The van der Waals surface area contributed by atoms with Crippen molar-refractivity contribution in [2.24, 2.45) is 0 Å². The number of hydrogen-bond donors (Lipinski definition) is 1. The minimum absolute atomic E-state index is 0.109. The van der Waals surface area contributed by atoms with Crippen LogP contribution in [0.2, 0.25) is 0 Å². The third-order valence-corrected chi connectivity index (χ3v) is 5.30. The van der Waals surface area contributed by atoms with Crippen molar-refractivity contribution >= 4 is 34.5 Å². The van der Waals surface area contributed by atoms with Gasteiger partial charge in [-0.2, -0.15) is 0 Å². The van der Waals surface area contributed by atoms with Gasteiger partial charge in [0, 0.05) is 9.13 Å². The van der Waals surface area contributed by atoms with E-state index >= 15 is 0 Å². The van der Waals surface area contributed by atoms with Gasteiger partial charge in [0.05, 0.1) is 5.56 Å². The predicted molar refractivity (Wildman–Crippen MR) is 103 cm³/mol. The van der Waals surface area contributed by atoms with E-state index in [0.29, 0.717) is 11.5 Å². The van der Waals surface area contributed by atoms with Crippen LogP contribution in [0.5, 0.6) is 0 Å². The second-order valence-electron chi connectivity index (χ2n) is 6.04. The summed E-state index contributed by atoms with van der Waals surface area (Å²) in [6.07, 6.45) is 4.70. The number of aryl methyl sites for hydroxylation is 2. The second kappa shape index (κ2) is 6.95. The standard InChI is InChI=1S/C19H16IN3O2/c20-16-8-4-3-7-15(16)17(24)21-19-23-22-18(25-19)14-10-9-12-5-1-2-6-13(12)11-14/h3-4,7-11H,1-2,5-6H2,(H,21,23,24). The summed E-state index contributed by atoms with van der Waals surface area (Å²) in [5, 5.41) is 10.7. The second-order valence-corrected chi connectivity index (χ2v) is 7.20. The van der Waals surface area contributed by atoms with Crippen molar-refractivity contribution in [1.29, 1.82) is 0 Å². The van der Waals surface area contributed by atoms with E-state index in [1.807, 2.05) is 24.3 Å². The first-order chi connectivity index (χ1) is 12.2. The molecule has 1 amide bonds. The third-order valence-electron chi connectivity index (χ3n) is 4.36. The fourth-order valence-corrected chi connectivity index (χ4v) is 3.70. The molecule has 0 saturated carbocycles. The van der Waals surface area contributed by atoms with Gasteiger partial charge in [-0.15, -0.1) is 5.10 Å². The van der Waals surface area contributed by atoms with Gasteiger partial charge in [-0.3, -0.25) is 10.1 Å². The molecule has 0 unspecified atom stereocenters. The van der Waals surface area contributed by atoms with Gasteiger partial charge < -0.3 is 4.42 Å². The van der Waals surface area contributed by atoms with E-state index in [1.165, 1.54) is 24.0 Å². The number of rotatable bonds is 3. The zero-order valence-corrected chi connectivity index (χ0v) is 15.6. The summed E-state index contributed by atoms with van der Waals surface area (Å²) in [5.74, 6) is 0.164. The van der Waals surface area contributed by atoms with Gasteiger partial charge in [-0.25, -0.2) is 0 Å². The first-order valence-electron chi connectivity index (χ1n) is 8.22. The minimum Gasteiger partial charge on any atom is -0.403 e. The molecule has 1 aromatic heterocycles. The molecule has 1 heterocycles. The van der Waals surface area contributed by atoms with Crippen LogP contribution in [-0.4, -0.2) is 16.1 Å². The number of halogens is 1. The van der Waals surface area contributed by atoms with Crippen LogP contribution in [0.3, 0.4) is 0 Å². The number of carbonyl (C=O) groups is 1. The fourth-order valence-electron chi connectivity index (χ4n) is 3.07. The summed E-state index contributed by atoms with van der Waals surface area (Å²) >= 11 is 2.13. The van der Waals surface area contributed by atoms with Crippen LogP contribution in [0, 0.1) is 3.57 Å². The summed E-state index contributed by atoms with van der Waals surface area (Å²) in [4.78, 5) is 12.3. The van der Waals surface area contributed by atoms with Crippen LogP contribution < -0.4 is 5.32 Å². The normalized spacial score (nSPS) is 13.3. The lowest BCUT2D eigenvalue weighted by molar-refractivity contribution is 0.102. The highest BCUT2D eigenvalue weighted by atomic mass is 127. The molecule has 1 aliphatic carbocycles.